The maximum atomic E-state index is 13.1. The predicted molar refractivity (Wildman–Crippen MR) is 82.8 cm³/mol. The second kappa shape index (κ2) is 7.09. The van der Waals surface area contributed by atoms with E-state index in [1.165, 1.54) is 25.1 Å². The van der Waals surface area contributed by atoms with Crippen LogP contribution in [0.25, 0.3) is 0 Å². The molecule has 0 spiro atoms. The first-order valence-corrected chi connectivity index (χ1v) is 7.66. The number of thiophene rings is 1. The largest absolute Gasteiger partial charge is 0.484 e. The lowest BCUT2D eigenvalue weighted by Gasteiger charge is -2.19. The van der Waals surface area contributed by atoms with Gasteiger partial charge in [-0.2, -0.15) is 13.2 Å². The van der Waals surface area contributed by atoms with Crippen LogP contribution in [0.3, 0.4) is 0 Å². The van der Waals surface area contributed by atoms with Gasteiger partial charge in [-0.1, -0.05) is 29.5 Å². The van der Waals surface area contributed by atoms with E-state index in [0.717, 1.165) is 19.2 Å². The Kier molecular flexibility index (Phi) is 5.31. The van der Waals surface area contributed by atoms with Crippen LogP contribution in [0, 0.1) is 10.1 Å². The van der Waals surface area contributed by atoms with E-state index in [9.17, 15) is 28.1 Å². The molecule has 6 nitrogen and oxygen atoms in total. The van der Waals surface area contributed by atoms with Crippen molar-refractivity contribution >= 4 is 22.3 Å². The Labute approximate surface area is 143 Å². The number of nitro groups is 1. The molecule has 25 heavy (non-hydrogen) atoms. The highest BCUT2D eigenvalue weighted by Gasteiger charge is 2.35. The average molecular weight is 375 g/mol. The standard InChI is InChI=1S/C15H12F3NO5S/c1-8(9-5-3-4-6-10(9)15(16,17)18)24-11-7-12(19(21)22)25-13(11)14(20)23-2/h3-8H,1-2H3/t8-/m0/s1. The average Bonchev–Trinajstić information content (AvgIpc) is 2.97. The molecule has 0 aliphatic carbocycles. The van der Waals surface area contributed by atoms with Crippen molar-refractivity contribution in [1.29, 1.82) is 0 Å². The predicted octanol–water partition coefficient (Wildman–Crippen LogP) is 4.60. The lowest BCUT2D eigenvalue weighted by molar-refractivity contribution is -0.380. The van der Waals surface area contributed by atoms with Crippen LogP contribution in [0.5, 0.6) is 5.75 Å². The maximum Gasteiger partial charge on any atom is 0.416 e. The minimum absolute atomic E-state index is 0.153. The van der Waals surface area contributed by atoms with Gasteiger partial charge in [-0.05, 0) is 13.0 Å². The number of hydrogen-bond acceptors (Lipinski definition) is 6. The van der Waals surface area contributed by atoms with Crippen molar-refractivity contribution in [1.82, 2.24) is 0 Å². The van der Waals surface area contributed by atoms with Gasteiger partial charge in [0, 0.05) is 5.56 Å². The molecule has 10 heteroatoms. The first-order chi connectivity index (χ1) is 11.6. The Morgan fingerprint density at radius 2 is 1.96 bits per heavy atom. The maximum absolute atomic E-state index is 13.1. The highest BCUT2D eigenvalue weighted by atomic mass is 32.1. The van der Waals surface area contributed by atoms with Gasteiger partial charge >= 0.3 is 17.1 Å². The molecule has 1 aromatic heterocycles. The molecule has 0 radical (unpaired) electrons. The Bertz CT molecular complexity index is 803. The van der Waals surface area contributed by atoms with Gasteiger partial charge < -0.3 is 9.47 Å². The SMILES string of the molecule is COC(=O)c1sc([N+](=O)[O-])cc1O[C@@H](C)c1ccccc1C(F)(F)F. The molecule has 0 amide bonds. The third-order valence-corrected chi connectivity index (χ3v) is 4.29. The lowest BCUT2D eigenvalue weighted by atomic mass is 10.0. The summed E-state index contributed by atoms with van der Waals surface area (Å²) in [5.74, 6) is -1.07. The molecule has 0 N–H and O–H groups in total. The van der Waals surface area contributed by atoms with E-state index in [4.69, 9.17) is 4.74 Å². The van der Waals surface area contributed by atoms with Crippen molar-refractivity contribution in [2.24, 2.45) is 0 Å². The van der Waals surface area contributed by atoms with Gasteiger partial charge in [-0.3, -0.25) is 10.1 Å². The molecular weight excluding hydrogens is 363 g/mol. The number of ether oxygens (including phenoxy) is 2. The number of nitrogens with zero attached hydrogens (tertiary/aromatic N) is 1. The molecule has 0 saturated heterocycles. The number of alkyl halides is 3. The second-order valence-electron chi connectivity index (χ2n) is 4.87. The molecule has 1 heterocycles. The van der Waals surface area contributed by atoms with E-state index in [0.29, 0.717) is 11.3 Å². The fraction of sp³-hybridized carbons (Fsp3) is 0.267. The third kappa shape index (κ3) is 4.08. The first-order valence-electron chi connectivity index (χ1n) is 6.84. The van der Waals surface area contributed by atoms with E-state index < -0.39 is 28.7 Å². The molecule has 0 bridgehead atoms. The van der Waals surface area contributed by atoms with E-state index in [-0.39, 0.29) is 21.2 Å². The van der Waals surface area contributed by atoms with Gasteiger partial charge in [-0.15, -0.1) is 0 Å². The summed E-state index contributed by atoms with van der Waals surface area (Å²) in [6.07, 6.45) is -5.68. The van der Waals surface area contributed by atoms with Crippen molar-refractivity contribution in [3.8, 4) is 5.75 Å². The van der Waals surface area contributed by atoms with Gasteiger partial charge in [0.05, 0.1) is 23.7 Å². The van der Waals surface area contributed by atoms with E-state index in [1.54, 1.807) is 0 Å². The number of rotatable bonds is 5. The monoisotopic (exact) mass is 375 g/mol. The molecule has 1 atom stereocenters. The molecule has 134 valence electrons. The minimum atomic E-state index is -4.58. The van der Waals surface area contributed by atoms with Gasteiger partial charge in [0.1, 0.15) is 6.10 Å². The number of carbonyl (C=O) groups is 1. The third-order valence-electron chi connectivity index (χ3n) is 3.24. The Hall–Kier alpha value is -2.62. The number of carbonyl (C=O) groups excluding carboxylic acids is 1. The van der Waals surface area contributed by atoms with E-state index in [2.05, 4.69) is 4.74 Å². The number of hydrogen-bond donors (Lipinski definition) is 0. The van der Waals surface area contributed by atoms with Crippen molar-refractivity contribution in [2.75, 3.05) is 7.11 Å². The fourth-order valence-corrected chi connectivity index (χ4v) is 2.96. The second-order valence-corrected chi connectivity index (χ2v) is 5.90. The van der Waals surface area contributed by atoms with Crippen LogP contribution >= 0.6 is 11.3 Å². The molecule has 2 rings (SSSR count). The van der Waals surface area contributed by atoms with Crippen LogP contribution in [-0.2, 0) is 10.9 Å². The summed E-state index contributed by atoms with van der Waals surface area (Å²) in [7, 11) is 1.08. The zero-order valence-electron chi connectivity index (χ0n) is 13.0. The zero-order valence-corrected chi connectivity index (χ0v) is 13.8. The quantitative estimate of drug-likeness (QED) is 0.433. The summed E-state index contributed by atoms with van der Waals surface area (Å²) >= 11 is 0.526. The number of halogens is 3. The highest BCUT2D eigenvalue weighted by Crippen LogP contribution is 2.40. The van der Waals surface area contributed by atoms with Gasteiger partial charge in [-0.25, -0.2) is 4.79 Å². The molecule has 0 aliphatic heterocycles. The topological polar surface area (TPSA) is 78.7 Å². The van der Waals surface area contributed by atoms with E-state index >= 15 is 0 Å². The summed E-state index contributed by atoms with van der Waals surface area (Å²) in [6.45, 7) is 1.36. The van der Waals surface area contributed by atoms with Crippen LogP contribution < -0.4 is 4.74 Å². The van der Waals surface area contributed by atoms with Gasteiger partial charge in [0.25, 0.3) is 0 Å². The van der Waals surface area contributed by atoms with E-state index in [1.807, 2.05) is 0 Å². The molecule has 0 aliphatic rings. The van der Waals surface area contributed by atoms with Gasteiger partial charge in [0.2, 0.25) is 0 Å². The Balaban J connectivity index is 2.40. The van der Waals surface area contributed by atoms with Crippen molar-refractivity contribution in [3.05, 3.63) is 56.5 Å². The number of methoxy groups -OCH3 is 1. The van der Waals surface area contributed by atoms with Crippen LogP contribution in [0.2, 0.25) is 0 Å². The molecule has 0 saturated carbocycles. The van der Waals surface area contributed by atoms with Crippen LogP contribution in [0.1, 0.15) is 33.8 Å². The van der Waals surface area contributed by atoms with Crippen LogP contribution in [0.4, 0.5) is 18.2 Å². The summed E-state index contributed by atoms with van der Waals surface area (Å²) < 4.78 is 49.3. The number of esters is 1. The lowest BCUT2D eigenvalue weighted by Crippen LogP contribution is -2.14. The molecular formula is C15H12F3NO5S. The van der Waals surface area contributed by atoms with Gasteiger partial charge in [0.15, 0.2) is 10.6 Å². The summed E-state index contributed by atoms with van der Waals surface area (Å²) in [5, 5.41) is 10.5. The van der Waals surface area contributed by atoms with Crippen LogP contribution in [0.15, 0.2) is 30.3 Å². The minimum Gasteiger partial charge on any atom is -0.484 e. The smallest absolute Gasteiger partial charge is 0.416 e. The Morgan fingerprint density at radius 1 is 1.32 bits per heavy atom. The van der Waals surface area contributed by atoms with Crippen LogP contribution in [-0.4, -0.2) is 18.0 Å². The summed E-state index contributed by atoms with van der Waals surface area (Å²) in [6, 6.07) is 5.80. The first kappa shape index (κ1) is 18.7. The number of benzene rings is 1. The Morgan fingerprint density at radius 3 is 2.52 bits per heavy atom. The zero-order chi connectivity index (χ0) is 18.8. The normalized spacial score (nSPS) is 12.5. The fourth-order valence-electron chi connectivity index (χ4n) is 2.14. The summed E-state index contributed by atoms with van der Waals surface area (Å²) in [5.41, 5.74) is -1.04. The highest BCUT2D eigenvalue weighted by molar-refractivity contribution is 7.17. The summed E-state index contributed by atoms with van der Waals surface area (Å²) in [4.78, 5) is 21.7. The van der Waals surface area contributed by atoms with Crippen molar-refractivity contribution in [3.63, 3.8) is 0 Å². The van der Waals surface area contributed by atoms with Crippen molar-refractivity contribution in [2.45, 2.75) is 19.2 Å². The molecule has 0 fully saturated rings. The molecule has 1 aromatic carbocycles. The molecule has 0 unspecified atom stereocenters. The van der Waals surface area contributed by atoms with Crippen molar-refractivity contribution < 1.29 is 32.4 Å². The molecule has 2 aromatic rings.